The summed E-state index contributed by atoms with van der Waals surface area (Å²) in [5.41, 5.74) is 3.83. The number of hydrogen-bond donors (Lipinski definition) is 4. The molecule has 2 aromatic heterocycles. The van der Waals surface area contributed by atoms with Gasteiger partial charge in [-0.05, 0) is 48.2 Å². The maximum absolute atomic E-state index is 14.2. The van der Waals surface area contributed by atoms with Gasteiger partial charge in [0.05, 0.1) is 34.2 Å². The van der Waals surface area contributed by atoms with Crippen LogP contribution in [0.25, 0.3) is 22.2 Å². The fraction of sp³-hybridized carbons (Fsp3) is 0.308. The molecule has 190 valence electrons. The largest absolute Gasteiger partial charge is 0.505 e. The fourth-order valence-corrected chi connectivity index (χ4v) is 5.29. The lowest BCUT2D eigenvalue weighted by atomic mass is 10.0. The average Bonchev–Trinajstić information content (AvgIpc) is 3.33. The summed E-state index contributed by atoms with van der Waals surface area (Å²) >= 11 is 0. The topological polar surface area (TPSA) is 120 Å². The zero-order valence-electron chi connectivity index (χ0n) is 20.3. The van der Waals surface area contributed by atoms with Gasteiger partial charge in [-0.2, -0.15) is 5.10 Å². The quantitative estimate of drug-likeness (QED) is 0.195. The molecule has 2 heterocycles. The molecule has 2 aromatic carbocycles. The SMILES string of the molecule is CCCCCS(=O)(=O)Nc1ccccc1CNc1nc(-c2cc(F)c(O)cc2CC)cc2[nH]ncc12. The van der Waals surface area contributed by atoms with Crippen LogP contribution in [0, 0.1) is 5.82 Å². The summed E-state index contributed by atoms with van der Waals surface area (Å²) in [6, 6.07) is 11.7. The van der Waals surface area contributed by atoms with Crippen LogP contribution >= 0.6 is 0 Å². The number of H-pyrrole nitrogens is 1. The molecule has 0 aliphatic carbocycles. The number of aromatic amines is 1. The number of unbranched alkanes of at least 4 members (excludes halogenated alkanes) is 2. The number of nitrogens with zero attached hydrogens (tertiary/aromatic N) is 2. The minimum atomic E-state index is -3.46. The number of nitrogens with one attached hydrogen (secondary N) is 3. The van der Waals surface area contributed by atoms with Crippen LogP contribution in [0.15, 0.2) is 48.7 Å². The van der Waals surface area contributed by atoms with Crippen molar-refractivity contribution < 1.29 is 17.9 Å². The number of aromatic hydroxyl groups is 1. The van der Waals surface area contributed by atoms with E-state index in [1.807, 2.05) is 26.0 Å². The van der Waals surface area contributed by atoms with Gasteiger partial charge in [-0.3, -0.25) is 9.82 Å². The average molecular weight is 512 g/mol. The summed E-state index contributed by atoms with van der Waals surface area (Å²) in [6.07, 6.45) is 4.65. The van der Waals surface area contributed by atoms with E-state index in [-0.39, 0.29) is 5.75 Å². The van der Waals surface area contributed by atoms with E-state index in [9.17, 15) is 17.9 Å². The zero-order valence-corrected chi connectivity index (χ0v) is 21.1. The lowest BCUT2D eigenvalue weighted by Gasteiger charge is -2.15. The van der Waals surface area contributed by atoms with Gasteiger partial charge in [0.15, 0.2) is 11.6 Å². The van der Waals surface area contributed by atoms with E-state index in [0.717, 1.165) is 29.4 Å². The van der Waals surface area contributed by atoms with Crippen molar-refractivity contribution in [2.24, 2.45) is 0 Å². The van der Waals surface area contributed by atoms with Gasteiger partial charge in [-0.25, -0.2) is 17.8 Å². The van der Waals surface area contributed by atoms with E-state index in [1.54, 1.807) is 24.4 Å². The second-order valence-corrected chi connectivity index (χ2v) is 10.5. The number of hydrogen-bond acceptors (Lipinski definition) is 6. The van der Waals surface area contributed by atoms with E-state index in [2.05, 4.69) is 20.2 Å². The molecule has 0 amide bonds. The number of sulfonamides is 1. The van der Waals surface area contributed by atoms with Crippen molar-refractivity contribution >= 4 is 32.4 Å². The van der Waals surface area contributed by atoms with Crippen molar-refractivity contribution in [3.05, 3.63) is 65.6 Å². The third-order valence-electron chi connectivity index (χ3n) is 6.01. The molecule has 0 spiro atoms. The first-order valence-electron chi connectivity index (χ1n) is 12.0. The molecule has 4 rings (SSSR count). The highest BCUT2D eigenvalue weighted by Gasteiger charge is 2.16. The number of pyridine rings is 1. The van der Waals surface area contributed by atoms with Crippen LogP contribution in [0.2, 0.25) is 0 Å². The Hall–Kier alpha value is -3.66. The molecule has 0 saturated heterocycles. The van der Waals surface area contributed by atoms with Crippen LogP contribution in [0.3, 0.4) is 0 Å². The summed E-state index contributed by atoms with van der Waals surface area (Å²) in [7, 11) is -3.46. The number of aryl methyl sites for hydroxylation is 1. The Morgan fingerprint density at radius 2 is 1.89 bits per heavy atom. The van der Waals surface area contributed by atoms with Crippen LogP contribution in [0.5, 0.6) is 5.75 Å². The first-order valence-corrected chi connectivity index (χ1v) is 13.6. The Labute approximate surface area is 210 Å². The van der Waals surface area contributed by atoms with E-state index in [4.69, 9.17) is 4.98 Å². The smallest absolute Gasteiger partial charge is 0.232 e. The first-order chi connectivity index (χ1) is 17.3. The Kier molecular flexibility index (Phi) is 7.73. The minimum absolute atomic E-state index is 0.0742. The number of para-hydroxylation sites is 1. The molecule has 8 nitrogen and oxygen atoms in total. The second kappa shape index (κ2) is 10.9. The highest BCUT2D eigenvalue weighted by atomic mass is 32.2. The Bertz CT molecular complexity index is 1470. The van der Waals surface area contributed by atoms with Gasteiger partial charge >= 0.3 is 0 Å². The summed E-state index contributed by atoms with van der Waals surface area (Å²) in [6.45, 7) is 4.25. The molecule has 4 aromatic rings. The predicted molar refractivity (Wildman–Crippen MR) is 141 cm³/mol. The number of halogens is 1. The van der Waals surface area contributed by atoms with Crippen LogP contribution in [0.4, 0.5) is 15.9 Å². The van der Waals surface area contributed by atoms with Gasteiger partial charge in [0.2, 0.25) is 10.0 Å². The van der Waals surface area contributed by atoms with Crippen LogP contribution in [-0.4, -0.2) is 34.5 Å². The van der Waals surface area contributed by atoms with Crippen LogP contribution in [-0.2, 0) is 23.0 Å². The molecule has 36 heavy (non-hydrogen) atoms. The number of rotatable bonds is 11. The predicted octanol–water partition coefficient (Wildman–Crippen LogP) is 5.58. The molecular weight excluding hydrogens is 481 g/mol. The minimum Gasteiger partial charge on any atom is -0.505 e. The highest BCUT2D eigenvalue weighted by molar-refractivity contribution is 7.92. The molecule has 0 fully saturated rings. The number of aromatic nitrogens is 3. The van der Waals surface area contributed by atoms with Gasteiger partial charge in [-0.15, -0.1) is 0 Å². The molecular formula is C26H30FN5O3S. The maximum Gasteiger partial charge on any atom is 0.232 e. The van der Waals surface area contributed by atoms with Crippen molar-refractivity contribution in [1.82, 2.24) is 15.2 Å². The number of phenolic OH excluding ortho intramolecular Hbond substituents is 1. The van der Waals surface area contributed by atoms with Gasteiger partial charge < -0.3 is 10.4 Å². The van der Waals surface area contributed by atoms with Gasteiger partial charge in [-0.1, -0.05) is 44.9 Å². The molecule has 10 heteroatoms. The lowest BCUT2D eigenvalue weighted by Crippen LogP contribution is -2.18. The zero-order chi connectivity index (χ0) is 25.7. The lowest BCUT2D eigenvalue weighted by molar-refractivity contribution is 0.432. The monoisotopic (exact) mass is 511 g/mol. The van der Waals surface area contributed by atoms with E-state index >= 15 is 0 Å². The number of benzene rings is 2. The van der Waals surface area contributed by atoms with Crippen molar-refractivity contribution in [1.29, 1.82) is 0 Å². The summed E-state index contributed by atoms with van der Waals surface area (Å²) in [5, 5.41) is 20.9. The standard InChI is InChI=1S/C26H30FN5O3S/c1-3-5-8-11-36(34,35)32-22-10-7-6-9-18(22)15-28-26-20-16-29-31-24(20)14-23(30-26)19-13-21(27)25(33)12-17(19)4-2/h6-7,9-10,12-14,16,32-33H,3-5,8,11,15H2,1-2H3,(H,28,30)(H,29,31). The van der Waals surface area contributed by atoms with E-state index in [0.29, 0.717) is 47.7 Å². The summed E-state index contributed by atoms with van der Waals surface area (Å²) < 4.78 is 42.0. The van der Waals surface area contributed by atoms with Crippen molar-refractivity contribution in [3.63, 3.8) is 0 Å². The number of phenols is 1. The third kappa shape index (κ3) is 5.76. The number of anilines is 2. The fourth-order valence-electron chi connectivity index (χ4n) is 4.07. The van der Waals surface area contributed by atoms with Crippen molar-refractivity contribution in [3.8, 4) is 17.0 Å². The highest BCUT2D eigenvalue weighted by Crippen LogP contribution is 2.32. The Morgan fingerprint density at radius 1 is 1.08 bits per heavy atom. The van der Waals surface area contributed by atoms with Crippen LogP contribution in [0.1, 0.15) is 44.2 Å². The Morgan fingerprint density at radius 3 is 2.67 bits per heavy atom. The molecule has 0 radical (unpaired) electrons. The molecule has 0 atom stereocenters. The molecule has 0 aliphatic heterocycles. The van der Waals surface area contributed by atoms with Gasteiger partial charge in [0.1, 0.15) is 5.82 Å². The van der Waals surface area contributed by atoms with Crippen molar-refractivity contribution in [2.45, 2.75) is 46.1 Å². The molecule has 4 N–H and O–H groups in total. The van der Waals surface area contributed by atoms with Gasteiger partial charge in [0.25, 0.3) is 0 Å². The molecule has 0 bridgehead atoms. The summed E-state index contributed by atoms with van der Waals surface area (Å²) in [4.78, 5) is 4.73. The third-order valence-corrected chi connectivity index (χ3v) is 7.37. The Balaban J connectivity index is 1.63. The van der Waals surface area contributed by atoms with Crippen LogP contribution < -0.4 is 10.0 Å². The molecule has 0 saturated carbocycles. The maximum atomic E-state index is 14.2. The van der Waals surface area contributed by atoms with E-state index in [1.165, 1.54) is 12.1 Å². The normalized spacial score (nSPS) is 11.6. The van der Waals surface area contributed by atoms with E-state index < -0.39 is 21.6 Å². The number of fused-ring (bicyclic) bond motifs is 1. The summed E-state index contributed by atoms with van der Waals surface area (Å²) in [5.74, 6) is -0.522. The van der Waals surface area contributed by atoms with Gasteiger partial charge in [0, 0.05) is 12.1 Å². The first kappa shape index (κ1) is 25.4. The van der Waals surface area contributed by atoms with Crippen molar-refractivity contribution in [2.75, 3.05) is 15.8 Å². The second-order valence-electron chi connectivity index (χ2n) is 8.64. The molecule has 0 aliphatic rings. The molecule has 0 unspecified atom stereocenters.